The highest BCUT2D eigenvalue weighted by atomic mass is 19.1. The number of furan rings is 1. The molecule has 0 fully saturated rings. The summed E-state index contributed by atoms with van der Waals surface area (Å²) in [7, 11) is 0. The van der Waals surface area contributed by atoms with E-state index in [4.69, 9.17) is 4.42 Å². The van der Waals surface area contributed by atoms with E-state index in [1.165, 1.54) is 6.26 Å². The van der Waals surface area contributed by atoms with Crippen molar-refractivity contribution in [2.24, 2.45) is 0 Å². The van der Waals surface area contributed by atoms with Crippen LogP contribution in [0.15, 0.2) is 47.1 Å². The zero-order valence-corrected chi connectivity index (χ0v) is 15.2. The third-order valence-electron chi connectivity index (χ3n) is 4.05. The van der Waals surface area contributed by atoms with Crippen LogP contribution in [0.5, 0.6) is 0 Å². The van der Waals surface area contributed by atoms with E-state index in [1.807, 2.05) is 19.9 Å². The molecule has 0 saturated heterocycles. The molecule has 9 heteroatoms. The lowest BCUT2D eigenvalue weighted by molar-refractivity contribution is -0.136. The minimum absolute atomic E-state index is 0.0215. The molecule has 0 aliphatic heterocycles. The smallest absolute Gasteiger partial charge is 0.313 e. The molecule has 1 atom stereocenters. The molecule has 0 spiro atoms. The van der Waals surface area contributed by atoms with Crippen molar-refractivity contribution in [2.75, 3.05) is 11.9 Å². The number of carbonyl (C=O) groups is 2. The number of nitrogens with one attached hydrogen (secondary N) is 2. The van der Waals surface area contributed by atoms with Crippen LogP contribution in [0.25, 0.3) is 0 Å². The number of halogens is 2. The van der Waals surface area contributed by atoms with Gasteiger partial charge in [-0.05, 0) is 44.2 Å². The molecule has 2 amide bonds. The average molecular weight is 388 g/mol. The Labute approximate surface area is 159 Å². The number of hydrogen-bond acceptors (Lipinski definition) is 4. The van der Waals surface area contributed by atoms with Gasteiger partial charge in [0.2, 0.25) is 0 Å². The highest BCUT2D eigenvalue weighted by Crippen LogP contribution is 2.20. The average Bonchev–Trinajstić information content (AvgIpc) is 3.27. The van der Waals surface area contributed by atoms with Gasteiger partial charge in [-0.25, -0.2) is 8.78 Å². The van der Waals surface area contributed by atoms with Crippen LogP contribution < -0.4 is 10.6 Å². The molecule has 3 aromatic rings. The number of hydrogen-bond donors (Lipinski definition) is 2. The summed E-state index contributed by atoms with van der Waals surface area (Å²) in [5.41, 5.74) is 1.36. The highest BCUT2D eigenvalue weighted by Gasteiger charge is 2.23. The van der Waals surface area contributed by atoms with E-state index in [1.54, 1.807) is 16.8 Å². The molecule has 0 aliphatic rings. The first-order chi connectivity index (χ1) is 13.3. The number of benzene rings is 1. The Bertz CT molecular complexity index is 999. The molecule has 1 aromatic carbocycles. The van der Waals surface area contributed by atoms with Gasteiger partial charge in [0.15, 0.2) is 0 Å². The topological polar surface area (TPSA) is 89.2 Å². The van der Waals surface area contributed by atoms with Crippen LogP contribution in [0.3, 0.4) is 0 Å². The summed E-state index contributed by atoms with van der Waals surface area (Å²) < 4.78 is 33.7. The summed E-state index contributed by atoms with van der Waals surface area (Å²) >= 11 is 0. The van der Waals surface area contributed by atoms with Crippen LogP contribution in [0.1, 0.15) is 23.2 Å². The van der Waals surface area contributed by atoms with Crippen molar-refractivity contribution in [1.29, 1.82) is 0 Å². The van der Waals surface area contributed by atoms with E-state index in [-0.39, 0.29) is 12.2 Å². The van der Waals surface area contributed by atoms with Gasteiger partial charge in [0.05, 0.1) is 17.6 Å². The molecule has 2 heterocycles. The summed E-state index contributed by atoms with van der Waals surface area (Å²) in [4.78, 5) is 24.2. The van der Waals surface area contributed by atoms with Gasteiger partial charge in [-0.2, -0.15) is 5.10 Å². The molecule has 7 nitrogen and oxygen atoms in total. The highest BCUT2D eigenvalue weighted by molar-refractivity contribution is 6.39. The van der Waals surface area contributed by atoms with Crippen molar-refractivity contribution in [2.45, 2.75) is 19.9 Å². The maximum absolute atomic E-state index is 13.6. The Morgan fingerprint density at radius 3 is 2.57 bits per heavy atom. The first-order valence-electron chi connectivity index (χ1n) is 8.45. The van der Waals surface area contributed by atoms with Crippen LogP contribution in [0.2, 0.25) is 0 Å². The lowest BCUT2D eigenvalue weighted by Crippen LogP contribution is -2.39. The lowest BCUT2D eigenvalue weighted by atomic mass is 10.2. The molecule has 3 rings (SSSR count). The first kappa shape index (κ1) is 19.3. The van der Waals surface area contributed by atoms with Gasteiger partial charge in [0.1, 0.15) is 23.4 Å². The fraction of sp³-hybridized carbons (Fsp3) is 0.211. The predicted octanol–water partition coefficient (Wildman–Crippen LogP) is 2.72. The van der Waals surface area contributed by atoms with E-state index in [2.05, 4.69) is 15.7 Å². The van der Waals surface area contributed by atoms with E-state index < -0.39 is 29.5 Å². The second kappa shape index (κ2) is 8.03. The zero-order valence-electron chi connectivity index (χ0n) is 15.2. The summed E-state index contributed by atoms with van der Waals surface area (Å²) in [6, 6.07) is 7.48. The fourth-order valence-electron chi connectivity index (χ4n) is 2.79. The van der Waals surface area contributed by atoms with Crippen LogP contribution in [0, 0.1) is 25.5 Å². The van der Waals surface area contributed by atoms with E-state index in [0.29, 0.717) is 11.8 Å². The first-order valence-corrected chi connectivity index (χ1v) is 8.45. The number of carbonyl (C=O) groups excluding carboxylic acids is 2. The fourth-order valence-corrected chi connectivity index (χ4v) is 2.79. The number of amides is 2. The van der Waals surface area contributed by atoms with Crippen molar-refractivity contribution in [1.82, 2.24) is 15.1 Å². The number of anilines is 1. The SMILES string of the molecule is Cc1cc(C)n(C(CNC(=O)C(=O)Nc2ccc(F)cc2F)c2ccco2)n1. The minimum Gasteiger partial charge on any atom is -0.467 e. The van der Waals surface area contributed by atoms with E-state index in [0.717, 1.165) is 23.5 Å². The normalized spacial score (nSPS) is 11.9. The van der Waals surface area contributed by atoms with Gasteiger partial charge >= 0.3 is 11.8 Å². The van der Waals surface area contributed by atoms with Gasteiger partial charge in [0.25, 0.3) is 0 Å². The molecule has 146 valence electrons. The van der Waals surface area contributed by atoms with Crippen LogP contribution in [-0.4, -0.2) is 28.1 Å². The van der Waals surface area contributed by atoms with Gasteiger partial charge in [-0.3, -0.25) is 14.3 Å². The maximum atomic E-state index is 13.6. The third-order valence-corrected chi connectivity index (χ3v) is 4.05. The molecule has 28 heavy (non-hydrogen) atoms. The predicted molar refractivity (Wildman–Crippen MR) is 96.5 cm³/mol. The zero-order chi connectivity index (χ0) is 20.3. The quantitative estimate of drug-likeness (QED) is 0.658. The van der Waals surface area contributed by atoms with Crippen molar-refractivity contribution < 1.29 is 22.8 Å². The maximum Gasteiger partial charge on any atom is 0.313 e. The summed E-state index contributed by atoms with van der Waals surface area (Å²) in [6.45, 7) is 3.72. The Balaban J connectivity index is 1.70. The van der Waals surface area contributed by atoms with E-state index >= 15 is 0 Å². The standard InChI is InChI=1S/C19H18F2N4O3/c1-11-8-12(2)25(24-11)16(17-4-3-7-28-17)10-22-18(26)19(27)23-15-6-5-13(20)9-14(15)21/h3-9,16H,10H2,1-2H3,(H,22,26)(H,23,27). The van der Waals surface area contributed by atoms with Crippen molar-refractivity contribution in [3.8, 4) is 0 Å². The van der Waals surface area contributed by atoms with Crippen molar-refractivity contribution >= 4 is 17.5 Å². The Kier molecular flexibility index (Phi) is 5.53. The molecule has 0 radical (unpaired) electrons. The molecule has 2 N–H and O–H groups in total. The number of nitrogens with zero attached hydrogens (tertiary/aromatic N) is 2. The van der Waals surface area contributed by atoms with Gasteiger partial charge in [-0.1, -0.05) is 0 Å². The molecule has 1 unspecified atom stereocenters. The minimum atomic E-state index is -1.07. The molecular formula is C19H18F2N4O3. The van der Waals surface area contributed by atoms with Gasteiger partial charge in [0, 0.05) is 18.3 Å². The Morgan fingerprint density at radius 2 is 1.96 bits per heavy atom. The third kappa shape index (κ3) is 4.25. The molecular weight excluding hydrogens is 370 g/mol. The van der Waals surface area contributed by atoms with E-state index in [9.17, 15) is 18.4 Å². The molecule has 0 aliphatic carbocycles. The van der Waals surface area contributed by atoms with Crippen LogP contribution in [-0.2, 0) is 9.59 Å². The van der Waals surface area contributed by atoms with Crippen LogP contribution >= 0.6 is 0 Å². The van der Waals surface area contributed by atoms with Crippen LogP contribution in [0.4, 0.5) is 14.5 Å². The second-order valence-corrected chi connectivity index (χ2v) is 6.19. The number of aryl methyl sites for hydroxylation is 2. The van der Waals surface area contributed by atoms with Crippen molar-refractivity contribution in [3.05, 3.63) is 71.4 Å². The Morgan fingerprint density at radius 1 is 1.18 bits per heavy atom. The summed E-state index contributed by atoms with van der Waals surface area (Å²) in [5, 5.41) is 9.00. The van der Waals surface area contributed by atoms with Crippen molar-refractivity contribution in [3.63, 3.8) is 0 Å². The number of aromatic nitrogens is 2. The van der Waals surface area contributed by atoms with Gasteiger partial charge in [-0.15, -0.1) is 0 Å². The monoisotopic (exact) mass is 388 g/mol. The molecule has 0 bridgehead atoms. The summed E-state index contributed by atoms with van der Waals surface area (Å²) in [5.74, 6) is -3.25. The van der Waals surface area contributed by atoms with Gasteiger partial charge < -0.3 is 15.1 Å². The molecule has 0 saturated carbocycles. The lowest BCUT2D eigenvalue weighted by Gasteiger charge is -2.18. The second-order valence-electron chi connectivity index (χ2n) is 6.19. The largest absolute Gasteiger partial charge is 0.467 e. The summed E-state index contributed by atoms with van der Waals surface area (Å²) in [6.07, 6.45) is 1.50. The number of rotatable bonds is 5. The Hall–Kier alpha value is -3.49. The molecule has 2 aromatic heterocycles.